The Labute approximate surface area is 105 Å². The third kappa shape index (κ3) is 1.70. The Morgan fingerprint density at radius 3 is 2.60 bits per heavy atom. The molecule has 0 spiro atoms. The van der Waals surface area contributed by atoms with Crippen LogP contribution in [-0.4, -0.2) is 10.1 Å². The maximum atomic E-state index is 9.71. The highest BCUT2D eigenvalue weighted by Gasteiger charge is 2.16. The monoisotopic (exact) mass is 331 g/mol. The average Bonchev–Trinajstić information content (AvgIpc) is 2.46. The fourth-order valence-electron chi connectivity index (χ4n) is 1.75. The maximum absolute atomic E-state index is 9.71. The van der Waals surface area contributed by atoms with Crippen LogP contribution in [-0.2, 0) is 0 Å². The highest BCUT2D eigenvalue weighted by atomic mass is 79.9. The third-order valence-electron chi connectivity index (χ3n) is 2.45. The summed E-state index contributed by atoms with van der Waals surface area (Å²) in [6.07, 6.45) is 1.60. The highest BCUT2D eigenvalue weighted by Crippen LogP contribution is 2.41. The van der Waals surface area contributed by atoms with E-state index in [2.05, 4.69) is 50.7 Å². The lowest BCUT2D eigenvalue weighted by atomic mass is 10.0. The Morgan fingerprint density at radius 2 is 2.00 bits per heavy atom. The van der Waals surface area contributed by atoms with Crippen molar-refractivity contribution in [3.8, 4) is 5.75 Å². The molecule has 0 aliphatic heterocycles. The van der Waals surface area contributed by atoms with Crippen molar-refractivity contribution in [2.75, 3.05) is 0 Å². The van der Waals surface area contributed by atoms with Gasteiger partial charge in [-0.05, 0) is 33.5 Å². The first-order valence-electron chi connectivity index (χ1n) is 4.70. The molecule has 0 amide bonds. The number of halogens is 2. The zero-order valence-electron chi connectivity index (χ0n) is 8.44. The number of nitrogens with one attached hydrogen (secondary N) is 1. The lowest BCUT2D eigenvalue weighted by molar-refractivity contribution is 0.481. The van der Waals surface area contributed by atoms with Gasteiger partial charge in [0.1, 0.15) is 5.75 Å². The highest BCUT2D eigenvalue weighted by molar-refractivity contribution is 9.11. The van der Waals surface area contributed by atoms with Gasteiger partial charge in [0, 0.05) is 15.1 Å². The molecule has 4 heteroatoms. The fourth-order valence-corrected chi connectivity index (χ4v) is 3.99. The summed E-state index contributed by atoms with van der Waals surface area (Å²) in [4.78, 5) is 3.03. The van der Waals surface area contributed by atoms with E-state index in [4.69, 9.17) is 0 Å². The fraction of sp³-hybridized carbons (Fsp3) is 0.273. The Kier molecular flexibility index (Phi) is 2.81. The standard InChI is InChI=1S/C11H11Br2NO/c1-5(2)9-6(12)3-7-10(11(9)13)8(15)4-14-7/h3-5,14-15H,1-2H3. The molecular weight excluding hydrogens is 322 g/mol. The summed E-state index contributed by atoms with van der Waals surface area (Å²) in [7, 11) is 0. The Morgan fingerprint density at radius 1 is 1.33 bits per heavy atom. The molecule has 80 valence electrons. The molecule has 2 nitrogen and oxygen atoms in total. The van der Waals surface area contributed by atoms with Crippen molar-refractivity contribution >= 4 is 42.8 Å². The van der Waals surface area contributed by atoms with E-state index >= 15 is 0 Å². The van der Waals surface area contributed by atoms with E-state index in [0.717, 1.165) is 19.8 Å². The molecule has 2 N–H and O–H groups in total. The zero-order chi connectivity index (χ0) is 11.2. The van der Waals surface area contributed by atoms with Crippen molar-refractivity contribution in [1.29, 1.82) is 0 Å². The van der Waals surface area contributed by atoms with Gasteiger partial charge in [0.2, 0.25) is 0 Å². The van der Waals surface area contributed by atoms with Crippen molar-refractivity contribution < 1.29 is 5.11 Å². The van der Waals surface area contributed by atoms with Crippen LogP contribution < -0.4 is 0 Å². The minimum Gasteiger partial charge on any atom is -0.506 e. The molecule has 0 bridgehead atoms. The molecule has 15 heavy (non-hydrogen) atoms. The second-order valence-electron chi connectivity index (χ2n) is 3.84. The molecule has 0 radical (unpaired) electrons. The molecule has 1 aromatic heterocycles. The third-order valence-corrected chi connectivity index (χ3v) is 3.93. The first-order chi connectivity index (χ1) is 7.02. The molecule has 1 aromatic carbocycles. The summed E-state index contributed by atoms with van der Waals surface area (Å²) in [5, 5.41) is 10.6. The van der Waals surface area contributed by atoms with E-state index in [9.17, 15) is 5.11 Å². The summed E-state index contributed by atoms with van der Waals surface area (Å²) in [5.74, 6) is 0.679. The zero-order valence-corrected chi connectivity index (χ0v) is 11.6. The van der Waals surface area contributed by atoms with Crippen LogP contribution in [0.1, 0.15) is 25.3 Å². The van der Waals surface area contributed by atoms with Gasteiger partial charge in [0.25, 0.3) is 0 Å². The summed E-state index contributed by atoms with van der Waals surface area (Å²) in [6.45, 7) is 4.25. The molecule has 0 saturated carbocycles. The van der Waals surface area contributed by atoms with Crippen molar-refractivity contribution in [3.05, 3.63) is 26.8 Å². The second kappa shape index (κ2) is 3.83. The summed E-state index contributed by atoms with van der Waals surface area (Å²) >= 11 is 7.10. The molecule has 0 fully saturated rings. The van der Waals surface area contributed by atoms with Gasteiger partial charge in [-0.25, -0.2) is 0 Å². The summed E-state index contributed by atoms with van der Waals surface area (Å²) in [5.41, 5.74) is 2.10. The molecule has 0 aliphatic carbocycles. The molecule has 0 unspecified atom stereocenters. The van der Waals surface area contributed by atoms with E-state index in [1.165, 1.54) is 5.56 Å². The van der Waals surface area contributed by atoms with Gasteiger partial charge in [0.15, 0.2) is 0 Å². The topological polar surface area (TPSA) is 36.0 Å². The van der Waals surface area contributed by atoms with E-state index in [1.54, 1.807) is 6.20 Å². The molecule has 2 aromatic rings. The number of benzene rings is 1. The van der Waals surface area contributed by atoms with Gasteiger partial charge in [-0.2, -0.15) is 0 Å². The van der Waals surface area contributed by atoms with Gasteiger partial charge in [-0.1, -0.05) is 29.8 Å². The van der Waals surface area contributed by atoms with Crippen molar-refractivity contribution in [3.63, 3.8) is 0 Å². The Balaban J connectivity index is 2.87. The van der Waals surface area contributed by atoms with Gasteiger partial charge in [-0.15, -0.1) is 0 Å². The Hall–Kier alpha value is -0.480. The molecule has 0 aliphatic rings. The lowest BCUT2D eigenvalue weighted by Crippen LogP contribution is -1.91. The van der Waals surface area contributed by atoms with E-state index < -0.39 is 0 Å². The molecule has 1 heterocycles. The number of aromatic amines is 1. The Bertz CT molecular complexity index is 517. The second-order valence-corrected chi connectivity index (χ2v) is 5.48. The number of hydrogen-bond donors (Lipinski definition) is 2. The smallest absolute Gasteiger partial charge is 0.142 e. The predicted molar refractivity (Wildman–Crippen MR) is 69.5 cm³/mol. The van der Waals surface area contributed by atoms with E-state index in [-0.39, 0.29) is 5.75 Å². The number of fused-ring (bicyclic) bond motifs is 1. The van der Waals surface area contributed by atoms with Crippen LogP contribution in [0.15, 0.2) is 21.2 Å². The van der Waals surface area contributed by atoms with E-state index in [0.29, 0.717) is 5.92 Å². The lowest BCUT2D eigenvalue weighted by Gasteiger charge is -2.12. The predicted octanol–water partition coefficient (Wildman–Crippen LogP) is 4.52. The van der Waals surface area contributed by atoms with Crippen LogP contribution >= 0.6 is 31.9 Å². The quantitative estimate of drug-likeness (QED) is 0.791. The van der Waals surface area contributed by atoms with E-state index in [1.807, 2.05) is 6.07 Å². The number of H-pyrrole nitrogens is 1. The first kappa shape index (κ1) is 11.0. The normalized spacial score (nSPS) is 11.5. The van der Waals surface area contributed by atoms with Crippen molar-refractivity contribution in [1.82, 2.24) is 4.98 Å². The number of rotatable bonds is 1. The minimum atomic E-state index is 0.284. The summed E-state index contributed by atoms with van der Waals surface area (Å²) < 4.78 is 2.01. The largest absolute Gasteiger partial charge is 0.506 e. The average molecular weight is 333 g/mol. The van der Waals surface area contributed by atoms with Crippen LogP contribution in [0.5, 0.6) is 5.75 Å². The minimum absolute atomic E-state index is 0.284. The summed E-state index contributed by atoms with van der Waals surface area (Å²) in [6, 6.07) is 2.00. The molecule has 0 atom stereocenters. The first-order valence-corrected chi connectivity index (χ1v) is 6.29. The van der Waals surface area contributed by atoms with Crippen molar-refractivity contribution in [2.24, 2.45) is 0 Å². The van der Waals surface area contributed by atoms with Crippen LogP contribution in [0, 0.1) is 0 Å². The SMILES string of the molecule is CC(C)c1c(Br)cc2[nH]cc(O)c2c1Br. The molecule has 2 rings (SSSR count). The number of hydrogen-bond acceptors (Lipinski definition) is 1. The number of aromatic hydroxyl groups is 1. The van der Waals surface area contributed by atoms with Crippen LogP contribution in [0.4, 0.5) is 0 Å². The van der Waals surface area contributed by atoms with Crippen LogP contribution in [0.25, 0.3) is 10.9 Å². The molecular formula is C11H11Br2NO. The van der Waals surface area contributed by atoms with Gasteiger partial charge in [-0.3, -0.25) is 0 Å². The van der Waals surface area contributed by atoms with Gasteiger partial charge in [0.05, 0.1) is 10.9 Å². The van der Waals surface area contributed by atoms with Gasteiger partial charge < -0.3 is 10.1 Å². The maximum Gasteiger partial charge on any atom is 0.142 e. The van der Waals surface area contributed by atoms with Crippen molar-refractivity contribution in [2.45, 2.75) is 19.8 Å². The molecule has 0 saturated heterocycles. The number of aromatic nitrogens is 1. The van der Waals surface area contributed by atoms with Crippen LogP contribution in [0.3, 0.4) is 0 Å². The van der Waals surface area contributed by atoms with Gasteiger partial charge >= 0.3 is 0 Å². The van der Waals surface area contributed by atoms with Crippen LogP contribution in [0.2, 0.25) is 0 Å².